The van der Waals surface area contributed by atoms with Gasteiger partial charge < -0.3 is 117 Å². The number of nitrogens with zero attached hydrogens (tertiary/aromatic N) is 1. The van der Waals surface area contributed by atoms with Gasteiger partial charge in [0.25, 0.3) is 0 Å². The van der Waals surface area contributed by atoms with Gasteiger partial charge in [0.2, 0.25) is 82.7 Å². The average Bonchev–Trinajstić information content (AvgIpc) is 1.64. The lowest BCUT2D eigenvalue weighted by Gasteiger charge is -2.29. The predicted octanol–water partition coefficient (Wildman–Crippen LogP) is -2.61. The zero-order chi connectivity index (χ0) is 88.7. The first-order valence-corrected chi connectivity index (χ1v) is 41.1. The second-order valence-electron chi connectivity index (χ2n) is 29.7. The van der Waals surface area contributed by atoms with Gasteiger partial charge in [-0.15, -0.1) is 0 Å². The molecule has 0 aliphatic carbocycles. The Balaban J connectivity index is 1.34. The minimum atomic E-state index is -1.73. The molecule has 5 rings (SSSR count). The minimum Gasteiger partial charge on any atom is -0.508 e. The SMILES string of the molecule is CCCC[C@H](NC(=O)[C@@H]1CCCN1C(=O)CNC(=O)[C@H](C)NC(=O)[C@H](CCCNC(=N)N)NC(=O)[C@@H](N)CS)C(=O)N[C@@H](CCC(N)=O)C(=O)N[C@@H](Cc1c[nH]c2ccccc12)C(=O)N[C@@H](CC(C)C)C(=O)N[C@@H](CS)C(=O)N[C@@H](CCC(=O)O)C(=O)N[C@@H](CCCCN)C(=O)N[C@@H](Cc1ccc(O)cc1)C(=O)N[C@@H](Cc1ccccc1)C(=O)O. The molecule has 13 atom stereocenters. The number of amides is 14. The number of aromatic hydroxyl groups is 1. The summed E-state index contributed by atoms with van der Waals surface area (Å²) in [6, 6.07) is 2.51. The largest absolute Gasteiger partial charge is 0.508 e. The highest BCUT2D eigenvalue weighted by Crippen LogP contribution is 2.22. The van der Waals surface area contributed by atoms with Crippen LogP contribution in [0.1, 0.15) is 141 Å². The number of fused-ring (bicyclic) bond motifs is 1. The topological polar surface area (TPSA) is 637 Å². The van der Waals surface area contributed by atoms with Crippen LogP contribution in [0.3, 0.4) is 0 Å². The third-order valence-electron chi connectivity index (χ3n) is 19.6. The van der Waals surface area contributed by atoms with E-state index in [1.165, 1.54) is 36.1 Å². The number of carboxylic acids is 2. The molecule has 2 heterocycles. The summed E-state index contributed by atoms with van der Waals surface area (Å²) in [6.45, 7) is 6.38. The molecule has 1 aliphatic rings. The number of H-pyrrole nitrogens is 1. The van der Waals surface area contributed by atoms with Crippen LogP contribution in [0.4, 0.5) is 0 Å². The van der Waals surface area contributed by atoms with E-state index in [-0.39, 0.29) is 107 Å². The Morgan fingerprint density at radius 2 is 1.01 bits per heavy atom. The number of benzene rings is 3. The maximum Gasteiger partial charge on any atom is 0.326 e. The van der Waals surface area contributed by atoms with Crippen molar-refractivity contribution in [2.45, 2.75) is 222 Å². The lowest BCUT2D eigenvalue weighted by Crippen LogP contribution is -2.61. The molecule has 3 aromatic carbocycles. The van der Waals surface area contributed by atoms with Crippen molar-refractivity contribution in [1.82, 2.24) is 79.0 Å². The van der Waals surface area contributed by atoms with E-state index in [1.807, 2.05) is 6.92 Å². The molecule has 41 heteroatoms. The zero-order valence-corrected chi connectivity index (χ0v) is 69.4. The molecule has 1 fully saturated rings. The Morgan fingerprint density at radius 3 is 1.57 bits per heavy atom. The highest BCUT2D eigenvalue weighted by Gasteiger charge is 2.40. The lowest BCUT2D eigenvalue weighted by molar-refractivity contribution is -0.142. The van der Waals surface area contributed by atoms with Crippen molar-refractivity contribution in [1.29, 1.82) is 5.41 Å². The highest BCUT2D eigenvalue weighted by molar-refractivity contribution is 7.80. The van der Waals surface area contributed by atoms with Gasteiger partial charge in [-0.25, -0.2) is 4.79 Å². The second kappa shape index (κ2) is 51.0. The molecule has 39 nitrogen and oxygen atoms in total. The van der Waals surface area contributed by atoms with Crippen molar-refractivity contribution in [2.24, 2.45) is 28.9 Å². The number of para-hydroxylation sites is 1. The van der Waals surface area contributed by atoms with Gasteiger partial charge in [-0.2, -0.15) is 25.3 Å². The number of phenols is 1. The number of nitrogens with one attached hydrogen (secondary N) is 15. The first-order valence-electron chi connectivity index (χ1n) is 39.8. The van der Waals surface area contributed by atoms with Crippen LogP contribution in [-0.2, 0) is 96.0 Å². The van der Waals surface area contributed by atoms with Gasteiger partial charge in [-0.05, 0) is 125 Å². The molecular weight excluding hydrogens is 1600 g/mol. The number of carbonyl (C=O) groups excluding carboxylic acids is 14. The van der Waals surface area contributed by atoms with Crippen LogP contribution in [0.15, 0.2) is 85.1 Å². The summed E-state index contributed by atoms with van der Waals surface area (Å²) in [7, 11) is 0. The third-order valence-corrected chi connectivity index (χ3v) is 20.4. The summed E-state index contributed by atoms with van der Waals surface area (Å²) in [4.78, 5) is 226. The molecule has 26 N–H and O–H groups in total. The number of carbonyl (C=O) groups is 16. The average molecular weight is 1710 g/mol. The Hall–Kier alpha value is -11.6. The summed E-state index contributed by atoms with van der Waals surface area (Å²) in [5.74, 6) is -16.5. The van der Waals surface area contributed by atoms with E-state index in [4.69, 9.17) is 28.3 Å². The van der Waals surface area contributed by atoms with Crippen LogP contribution >= 0.6 is 25.3 Å². The van der Waals surface area contributed by atoms with E-state index < -0.39 is 211 Å². The number of aromatic nitrogens is 1. The number of hydrogen-bond donors (Lipinski definition) is 24. The van der Waals surface area contributed by atoms with Crippen molar-refractivity contribution in [3.63, 3.8) is 0 Å². The van der Waals surface area contributed by atoms with Crippen LogP contribution in [0.5, 0.6) is 5.75 Å². The number of nitrogens with two attached hydrogens (primary N) is 4. The molecule has 0 bridgehead atoms. The normalized spacial score (nSPS) is 15.4. The van der Waals surface area contributed by atoms with Crippen molar-refractivity contribution < 1.29 is 92.0 Å². The summed E-state index contributed by atoms with van der Waals surface area (Å²) in [5, 5.41) is 71.5. The summed E-state index contributed by atoms with van der Waals surface area (Å²) >= 11 is 8.37. The maximum absolute atomic E-state index is 15.1. The quantitative estimate of drug-likeness (QED) is 0.00932. The number of aromatic amines is 1. The van der Waals surface area contributed by atoms with Crippen LogP contribution in [-0.4, -0.2) is 242 Å². The molecule has 1 aromatic heterocycles. The standard InChI is InChI=1S/C79H116N20O19S2/c1-5-6-19-52(93-77(116)62-23-15-34-99(62)64(102)40-87-66(105)44(4)88-68(107)54(22-14-33-85-79(83)84)89-67(106)50(81)41-119)69(108)91-55(28-30-63(82)101)72(111)96-59(38-47-39-86-51-20-11-10-18-49(47)51)75(114)94-57(35-43(2)3)73(112)98-61(42-120)76(115)92-56(29-31-65(103)104)71(110)90-53(21-12-13-32-80)70(109)95-58(36-46-24-26-48(100)27-25-46)74(113)97-60(78(117)118)37-45-16-8-7-9-17-45/h7-11,16-18,20,24-27,39,43-44,50,52-62,86,100,119-120H,5-6,12-15,19,21-23,28-38,40-42,80-81H2,1-4H3,(H2,82,101)(H,87,105)(H,88,107)(H,89,106)(H,90,110)(H,91,108)(H,92,115)(H,93,116)(H,94,114)(H,95,109)(H,96,111)(H,97,113)(H,98,112)(H,103,104)(H,117,118)(H4,83,84,85)/t44-,50-,52-,53-,54-,55-,56-,57-,58-,59-,60-,61-,62-/m0/s1. The van der Waals surface area contributed by atoms with E-state index in [9.17, 15) is 87.2 Å². The lowest BCUT2D eigenvalue weighted by atomic mass is 10.00. The molecular formula is C79H116N20O19S2. The monoisotopic (exact) mass is 1710 g/mol. The van der Waals surface area contributed by atoms with Crippen LogP contribution in [0.25, 0.3) is 10.9 Å². The van der Waals surface area contributed by atoms with Crippen LogP contribution in [0, 0.1) is 11.3 Å². The fraction of sp³-hybridized carbons (Fsp3) is 0.532. The number of rotatable bonds is 53. The van der Waals surface area contributed by atoms with Crippen molar-refractivity contribution >= 4 is 137 Å². The van der Waals surface area contributed by atoms with Crippen LogP contribution < -0.4 is 92.1 Å². The van der Waals surface area contributed by atoms with Gasteiger partial charge >= 0.3 is 11.9 Å². The number of likely N-dealkylation sites (tertiary alicyclic amines) is 1. The summed E-state index contributed by atoms with van der Waals surface area (Å²) < 4.78 is 0. The number of primary amides is 1. The van der Waals surface area contributed by atoms with Gasteiger partial charge in [0.15, 0.2) is 5.96 Å². The molecule has 658 valence electrons. The Kier molecular flexibility index (Phi) is 42.1. The number of aliphatic carboxylic acids is 2. The predicted molar refractivity (Wildman–Crippen MR) is 448 cm³/mol. The molecule has 0 saturated carbocycles. The number of thiol groups is 2. The zero-order valence-electron chi connectivity index (χ0n) is 67.7. The number of carboxylic acid groups (broad SMARTS) is 2. The third kappa shape index (κ3) is 33.7. The van der Waals surface area contributed by atoms with Crippen molar-refractivity contribution in [3.8, 4) is 5.75 Å². The molecule has 120 heavy (non-hydrogen) atoms. The van der Waals surface area contributed by atoms with Crippen molar-refractivity contribution in [2.75, 3.05) is 37.7 Å². The van der Waals surface area contributed by atoms with Crippen LogP contribution in [0.2, 0.25) is 0 Å². The first-order chi connectivity index (χ1) is 57.1. The maximum atomic E-state index is 15.1. The first kappa shape index (κ1) is 99.0. The van der Waals surface area contributed by atoms with Gasteiger partial charge in [0.1, 0.15) is 78.3 Å². The molecule has 0 radical (unpaired) electrons. The second-order valence-corrected chi connectivity index (χ2v) is 30.4. The van der Waals surface area contributed by atoms with Crippen molar-refractivity contribution in [3.05, 3.63) is 102 Å². The fourth-order valence-corrected chi connectivity index (χ4v) is 13.4. The summed E-state index contributed by atoms with van der Waals surface area (Å²) in [6.07, 6.45) is 0.744. The Morgan fingerprint density at radius 1 is 0.525 bits per heavy atom. The van der Waals surface area contributed by atoms with Gasteiger partial charge in [-0.1, -0.05) is 94.3 Å². The van der Waals surface area contributed by atoms with E-state index in [0.717, 1.165) is 0 Å². The molecule has 0 spiro atoms. The van der Waals surface area contributed by atoms with E-state index in [1.54, 1.807) is 74.6 Å². The Bertz CT molecular complexity index is 4180. The number of phenolic OH excluding ortho intramolecular Hbond substituents is 1. The Labute approximate surface area is 705 Å². The molecule has 1 aliphatic heterocycles. The van der Waals surface area contributed by atoms with Gasteiger partial charge in [0, 0.05) is 73.8 Å². The fourth-order valence-electron chi connectivity index (χ4n) is 13.0. The number of guanidine groups is 1. The summed E-state index contributed by atoms with van der Waals surface area (Å²) in [5.41, 5.74) is 24.7. The highest BCUT2D eigenvalue weighted by atomic mass is 32.1. The van der Waals surface area contributed by atoms with Gasteiger partial charge in [0.05, 0.1) is 12.6 Å². The number of unbranched alkanes of at least 4 members (excludes halogenated alkanes) is 2. The molecule has 0 unspecified atom stereocenters. The van der Waals surface area contributed by atoms with E-state index in [0.29, 0.717) is 53.3 Å². The van der Waals surface area contributed by atoms with E-state index >= 15 is 4.79 Å². The van der Waals surface area contributed by atoms with E-state index in [2.05, 4.69) is 99.4 Å². The smallest absolute Gasteiger partial charge is 0.326 e. The molecule has 4 aromatic rings. The molecule has 1 saturated heterocycles. The molecule has 14 amide bonds. The minimum absolute atomic E-state index is 0.00500. The van der Waals surface area contributed by atoms with Gasteiger partial charge in [-0.3, -0.25) is 77.3 Å². The number of hydrogen-bond acceptors (Lipinski definition) is 22.